The zero-order valence-corrected chi connectivity index (χ0v) is 9.78. The highest BCUT2D eigenvalue weighted by atomic mass is 16.5. The fourth-order valence-electron chi connectivity index (χ4n) is 1.64. The standard InChI is InChI=1S/C13H16N2O2/c1-11(16)12-5-2-3-6-13(12)17-10-9-15-8-4-7-14-15/h2-8,11,16H,9-10H2,1H3. The second-order valence-corrected chi connectivity index (χ2v) is 3.83. The maximum Gasteiger partial charge on any atom is 0.125 e. The molecule has 4 nitrogen and oxygen atoms in total. The summed E-state index contributed by atoms with van der Waals surface area (Å²) >= 11 is 0. The van der Waals surface area contributed by atoms with Crippen LogP contribution in [0.25, 0.3) is 0 Å². The molecule has 1 aromatic carbocycles. The van der Waals surface area contributed by atoms with Gasteiger partial charge in [-0.25, -0.2) is 0 Å². The van der Waals surface area contributed by atoms with Crippen LogP contribution in [0.15, 0.2) is 42.7 Å². The molecule has 2 rings (SSSR count). The van der Waals surface area contributed by atoms with Gasteiger partial charge in [0.1, 0.15) is 12.4 Å². The van der Waals surface area contributed by atoms with Gasteiger partial charge >= 0.3 is 0 Å². The van der Waals surface area contributed by atoms with Crippen molar-refractivity contribution >= 4 is 0 Å². The van der Waals surface area contributed by atoms with Crippen molar-refractivity contribution in [2.24, 2.45) is 0 Å². The molecule has 1 atom stereocenters. The summed E-state index contributed by atoms with van der Waals surface area (Å²) in [6.07, 6.45) is 3.11. The largest absolute Gasteiger partial charge is 0.491 e. The lowest BCUT2D eigenvalue weighted by Gasteiger charge is -2.13. The average molecular weight is 232 g/mol. The molecule has 1 aromatic heterocycles. The summed E-state index contributed by atoms with van der Waals surface area (Å²) in [5.41, 5.74) is 0.813. The summed E-state index contributed by atoms with van der Waals surface area (Å²) in [4.78, 5) is 0. The zero-order chi connectivity index (χ0) is 12.1. The van der Waals surface area contributed by atoms with Gasteiger partial charge in [0, 0.05) is 18.0 Å². The first kappa shape index (κ1) is 11.7. The average Bonchev–Trinajstić information content (AvgIpc) is 2.82. The maximum atomic E-state index is 9.59. The van der Waals surface area contributed by atoms with Crippen molar-refractivity contribution in [3.63, 3.8) is 0 Å². The number of rotatable bonds is 5. The number of aromatic nitrogens is 2. The molecule has 0 aliphatic heterocycles. The van der Waals surface area contributed by atoms with E-state index in [9.17, 15) is 5.11 Å². The summed E-state index contributed by atoms with van der Waals surface area (Å²) < 4.78 is 7.46. The molecule has 0 spiro atoms. The van der Waals surface area contributed by atoms with Crippen LogP contribution in [0.5, 0.6) is 5.75 Å². The number of nitrogens with zero attached hydrogens (tertiary/aromatic N) is 2. The van der Waals surface area contributed by atoms with Gasteiger partial charge in [-0.05, 0) is 19.1 Å². The molecule has 0 saturated carbocycles. The van der Waals surface area contributed by atoms with Gasteiger partial charge in [0.25, 0.3) is 0 Å². The molecule has 0 bridgehead atoms. The second-order valence-electron chi connectivity index (χ2n) is 3.83. The zero-order valence-electron chi connectivity index (χ0n) is 9.78. The van der Waals surface area contributed by atoms with Crippen LogP contribution in [0.4, 0.5) is 0 Å². The van der Waals surface area contributed by atoms with E-state index in [0.717, 1.165) is 11.3 Å². The van der Waals surface area contributed by atoms with E-state index in [1.165, 1.54) is 0 Å². The Balaban J connectivity index is 1.94. The number of para-hydroxylation sites is 1. The summed E-state index contributed by atoms with van der Waals surface area (Å²) in [5, 5.41) is 13.7. The van der Waals surface area contributed by atoms with Crippen molar-refractivity contribution in [3.8, 4) is 5.75 Å². The minimum atomic E-state index is -0.518. The van der Waals surface area contributed by atoms with Crippen LogP contribution < -0.4 is 4.74 Å². The van der Waals surface area contributed by atoms with E-state index in [-0.39, 0.29) is 0 Å². The van der Waals surface area contributed by atoms with Gasteiger partial charge in [-0.2, -0.15) is 5.10 Å². The van der Waals surface area contributed by atoms with Crippen molar-refractivity contribution in [1.82, 2.24) is 9.78 Å². The van der Waals surface area contributed by atoms with Gasteiger partial charge in [-0.3, -0.25) is 4.68 Å². The third-order valence-corrected chi connectivity index (χ3v) is 2.51. The van der Waals surface area contributed by atoms with Crippen LogP contribution in [0.1, 0.15) is 18.6 Å². The number of aliphatic hydroxyl groups is 1. The molecule has 2 aromatic rings. The Morgan fingerprint density at radius 3 is 2.88 bits per heavy atom. The van der Waals surface area contributed by atoms with Gasteiger partial charge in [0.05, 0.1) is 12.6 Å². The van der Waals surface area contributed by atoms with E-state index in [0.29, 0.717) is 13.2 Å². The molecule has 0 saturated heterocycles. The van der Waals surface area contributed by atoms with Gasteiger partial charge < -0.3 is 9.84 Å². The fourth-order valence-corrected chi connectivity index (χ4v) is 1.64. The molecule has 0 radical (unpaired) electrons. The van der Waals surface area contributed by atoms with E-state index < -0.39 is 6.10 Å². The maximum absolute atomic E-state index is 9.59. The van der Waals surface area contributed by atoms with Crippen molar-refractivity contribution < 1.29 is 9.84 Å². The SMILES string of the molecule is CC(O)c1ccccc1OCCn1cccn1. The predicted molar refractivity (Wildman–Crippen MR) is 64.8 cm³/mol. The highest BCUT2D eigenvalue weighted by Gasteiger charge is 2.07. The highest BCUT2D eigenvalue weighted by molar-refractivity contribution is 5.34. The first-order chi connectivity index (χ1) is 8.27. The summed E-state index contributed by atoms with van der Waals surface area (Å²) in [6.45, 7) is 2.96. The molecule has 1 unspecified atom stereocenters. The monoisotopic (exact) mass is 232 g/mol. The lowest BCUT2D eigenvalue weighted by molar-refractivity contribution is 0.190. The minimum Gasteiger partial charge on any atom is -0.491 e. The van der Waals surface area contributed by atoms with E-state index in [2.05, 4.69) is 5.10 Å². The number of benzene rings is 1. The topological polar surface area (TPSA) is 47.3 Å². The Labute approximate surface area is 100 Å². The van der Waals surface area contributed by atoms with Gasteiger partial charge in [-0.1, -0.05) is 18.2 Å². The lowest BCUT2D eigenvalue weighted by Crippen LogP contribution is -2.09. The lowest BCUT2D eigenvalue weighted by atomic mass is 10.1. The van der Waals surface area contributed by atoms with Gasteiger partial charge in [0.2, 0.25) is 0 Å². The number of ether oxygens (including phenoxy) is 1. The minimum absolute atomic E-state index is 0.518. The molecule has 0 aliphatic carbocycles. The summed E-state index contributed by atoms with van der Waals surface area (Å²) in [7, 11) is 0. The molecular weight excluding hydrogens is 216 g/mol. The quantitative estimate of drug-likeness (QED) is 0.857. The molecule has 1 N–H and O–H groups in total. The Hall–Kier alpha value is -1.81. The number of hydrogen-bond donors (Lipinski definition) is 1. The number of hydrogen-bond acceptors (Lipinski definition) is 3. The third-order valence-electron chi connectivity index (χ3n) is 2.51. The molecule has 0 aliphatic rings. The Morgan fingerprint density at radius 2 is 2.18 bits per heavy atom. The summed E-state index contributed by atoms with van der Waals surface area (Å²) in [5.74, 6) is 0.731. The van der Waals surface area contributed by atoms with Crippen LogP contribution >= 0.6 is 0 Å². The Kier molecular flexibility index (Phi) is 3.77. The highest BCUT2D eigenvalue weighted by Crippen LogP contribution is 2.24. The first-order valence-electron chi connectivity index (χ1n) is 5.64. The molecule has 4 heteroatoms. The molecule has 90 valence electrons. The van der Waals surface area contributed by atoms with Crippen molar-refractivity contribution in [1.29, 1.82) is 0 Å². The Morgan fingerprint density at radius 1 is 1.35 bits per heavy atom. The van der Waals surface area contributed by atoms with Crippen LogP contribution in [0.2, 0.25) is 0 Å². The molecule has 1 heterocycles. The van der Waals surface area contributed by atoms with Crippen LogP contribution in [0.3, 0.4) is 0 Å². The van der Waals surface area contributed by atoms with Crippen LogP contribution in [-0.2, 0) is 6.54 Å². The van der Waals surface area contributed by atoms with Crippen molar-refractivity contribution in [2.45, 2.75) is 19.6 Å². The van der Waals surface area contributed by atoms with Gasteiger partial charge in [-0.15, -0.1) is 0 Å². The number of aliphatic hydroxyl groups excluding tert-OH is 1. The Bertz CT molecular complexity index is 452. The van der Waals surface area contributed by atoms with Crippen molar-refractivity contribution in [3.05, 3.63) is 48.3 Å². The second kappa shape index (κ2) is 5.50. The first-order valence-corrected chi connectivity index (χ1v) is 5.64. The molecule has 0 amide bonds. The molecular formula is C13H16N2O2. The van der Waals surface area contributed by atoms with Gasteiger partial charge in [0.15, 0.2) is 0 Å². The van der Waals surface area contributed by atoms with E-state index in [1.807, 2.05) is 41.2 Å². The normalized spacial score (nSPS) is 12.4. The van der Waals surface area contributed by atoms with Crippen LogP contribution in [-0.4, -0.2) is 21.5 Å². The van der Waals surface area contributed by atoms with E-state index >= 15 is 0 Å². The third kappa shape index (κ3) is 3.07. The van der Waals surface area contributed by atoms with Crippen LogP contribution in [0, 0.1) is 0 Å². The summed E-state index contributed by atoms with van der Waals surface area (Å²) in [6, 6.07) is 9.40. The molecule has 17 heavy (non-hydrogen) atoms. The fraction of sp³-hybridized carbons (Fsp3) is 0.308. The smallest absolute Gasteiger partial charge is 0.125 e. The predicted octanol–water partition coefficient (Wildman–Crippen LogP) is 2.02. The van der Waals surface area contributed by atoms with E-state index in [1.54, 1.807) is 13.1 Å². The van der Waals surface area contributed by atoms with E-state index in [4.69, 9.17) is 4.74 Å². The van der Waals surface area contributed by atoms with Crippen molar-refractivity contribution in [2.75, 3.05) is 6.61 Å². The molecule has 0 fully saturated rings.